The molecule has 78 valence electrons. The predicted molar refractivity (Wildman–Crippen MR) is 41.3 cm³/mol. The van der Waals surface area contributed by atoms with Gasteiger partial charge in [-0.2, -0.15) is 0 Å². The van der Waals surface area contributed by atoms with Crippen molar-refractivity contribution in [2.24, 2.45) is 23.4 Å². The zero-order valence-corrected chi connectivity index (χ0v) is 15.6. The van der Waals surface area contributed by atoms with Crippen molar-refractivity contribution >= 4 is 36.8 Å². The van der Waals surface area contributed by atoms with E-state index in [4.69, 9.17) is 19.8 Å². The fourth-order valence-corrected chi connectivity index (χ4v) is 0. The van der Waals surface area contributed by atoms with Gasteiger partial charge in [-0.25, -0.2) is 0 Å². The van der Waals surface area contributed by atoms with Crippen molar-refractivity contribution in [1.82, 2.24) is 0 Å². The van der Waals surface area contributed by atoms with Gasteiger partial charge in [0.15, 0.2) is 0 Å². The van der Waals surface area contributed by atoms with Gasteiger partial charge in [0.1, 0.15) is 0 Å². The molecular formula is C2H10Cl2K2N4O4. The van der Waals surface area contributed by atoms with Crippen LogP contribution in [0.15, 0.2) is 0 Å². The standard InChI is InChI=1S/C2H2O4.2ClH.2K.2H4N2/c3-1(4)2(5)6;;;;;2*1-2/h(H,3,4)(H,5,6);2*1H;;;2*1-2H2/q;;;2*+1;;/p-2. The molecule has 0 aliphatic heterocycles. The largest absolute Gasteiger partial charge is 1.00 e. The molecule has 0 bridgehead atoms. The Kier molecular flexibility index (Phi) is 141. The van der Waals surface area contributed by atoms with Crippen LogP contribution >= 0.6 is 24.8 Å². The Labute approximate surface area is 178 Å². The van der Waals surface area contributed by atoms with Gasteiger partial charge in [0.25, 0.3) is 0 Å². The molecule has 14 heavy (non-hydrogen) atoms. The molecule has 0 aromatic heterocycles. The molecule has 0 aromatic rings. The smallest absolute Gasteiger partial charge is 0.543 e. The number of hydrogen-bond donors (Lipinski definition) is 4. The zero-order chi connectivity index (χ0) is 9.15. The summed E-state index contributed by atoms with van der Waals surface area (Å²) in [6.45, 7) is 0. The first-order valence-corrected chi connectivity index (χ1v) is 1.73. The van der Waals surface area contributed by atoms with Gasteiger partial charge in [0.2, 0.25) is 0 Å². The first-order chi connectivity index (χ1) is 4.64. The van der Waals surface area contributed by atoms with Gasteiger partial charge in [-0.15, -0.1) is 24.8 Å². The third kappa shape index (κ3) is 61.8. The van der Waals surface area contributed by atoms with Gasteiger partial charge in [0.05, 0.1) is 11.9 Å². The fraction of sp³-hybridized carbons (Fsp3) is 0. The van der Waals surface area contributed by atoms with E-state index in [0.717, 1.165) is 0 Å². The number of rotatable bonds is 0. The summed E-state index contributed by atoms with van der Waals surface area (Å²) in [6, 6.07) is 0. The summed E-state index contributed by atoms with van der Waals surface area (Å²) in [5.74, 6) is 11.6. The average Bonchev–Trinajstić information content (AvgIpc) is 1.96. The number of nitrogens with two attached hydrogens (primary N) is 4. The van der Waals surface area contributed by atoms with Crippen molar-refractivity contribution in [2.45, 2.75) is 0 Å². The summed E-state index contributed by atoms with van der Waals surface area (Å²) in [7, 11) is 0. The molecule has 0 aliphatic rings. The summed E-state index contributed by atoms with van der Waals surface area (Å²) in [4.78, 5) is 17.9. The van der Waals surface area contributed by atoms with E-state index < -0.39 is 11.9 Å². The molecule has 0 amide bonds. The van der Waals surface area contributed by atoms with Gasteiger partial charge < -0.3 is 19.8 Å². The Morgan fingerprint density at radius 3 is 0.786 bits per heavy atom. The second-order valence-electron chi connectivity index (χ2n) is 0.575. The quantitative estimate of drug-likeness (QED) is 0.147. The van der Waals surface area contributed by atoms with Crippen LogP contribution < -0.4 is 136 Å². The van der Waals surface area contributed by atoms with Crippen molar-refractivity contribution in [3.63, 3.8) is 0 Å². The van der Waals surface area contributed by atoms with Crippen LogP contribution in [0.25, 0.3) is 0 Å². The molecule has 0 aliphatic carbocycles. The van der Waals surface area contributed by atoms with Crippen LogP contribution in [0, 0.1) is 0 Å². The average molecular weight is 303 g/mol. The van der Waals surface area contributed by atoms with Crippen LogP contribution in [-0.2, 0) is 9.59 Å². The summed E-state index contributed by atoms with van der Waals surface area (Å²) >= 11 is 0. The monoisotopic (exact) mass is 302 g/mol. The zero-order valence-electron chi connectivity index (χ0n) is 7.76. The minimum absolute atomic E-state index is 0. The van der Waals surface area contributed by atoms with E-state index >= 15 is 0 Å². The van der Waals surface area contributed by atoms with Crippen molar-refractivity contribution < 1.29 is 123 Å². The molecule has 0 radical (unpaired) electrons. The number of carboxylic acids is 2. The number of halogens is 2. The number of hydrazine groups is 2. The van der Waals surface area contributed by atoms with E-state index in [1.54, 1.807) is 0 Å². The molecule has 0 spiro atoms. The molecule has 0 atom stereocenters. The predicted octanol–water partition coefficient (Wildman–Crippen LogP) is -11.0. The van der Waals surface area contributed by atoms with Crippen LogP contribution in [0.2, 0.25) is 0 Å². The van der Waals surface area contributed by atoms with Crippen molar-refractivity contribution in [1.29, 1.82) is 0 Å². The third-order valence-corrected chi connectivity index (χ3v) is 0.167. The summed E-state index contributed by atoms with van der Waals surface area (Å²) in [6.07, 6.45) is 0. The molecule has 0 saturated carbocycles. The number of carboxylic acid groups (broad SMARTS) is 2. The fourth-order valence-electron chi connectivity index (χ4n) is 0. The minimum Gasteiger partial charge on any atom is -0.543 e. The Hall–Kier alpha value is 2.63. The van der Waals surface area contributed by atoms with Crippen molar-refractivity contribution in [2.75, 3.05) is 0 Å². The first-order valence-electron chi connectivity index (χ1n) is 1.73. The number of aliphatic carboxylic acids is 2. The Balaban J connectivity index is -0.0000000111. The number of hydrogen-bond acceptors (Lipinski definition) is 8. The van der Waals surface area contributed by atoms with Crippen LogP contribution in [0.4, 0.5) is 0 Å². The van der Waals surface area contributed by atoms with Gasteiger partial charge in [-0.3, -0.25) is 23.4 Å². The molecule has 8 N–H and O–H groups in total. The maximum atomic E-state index is 8.93. The van der Waals surface area contributed by atoms with Crippen LogP contribution in [0.5, 0.6) is 0 Å². The van der Waals surface area contributed by atoms with Gasteiger partial charge in [0, 0.05) is 0 Å². The van der Waals surface area contributed by atoms with Gasteiger partial charge >= 0.3 is 103 Å². The number of carbonyl (C=O) groups is 2. The third-order valence-electron chi connectivity index (χ3n) is 0.167. The van der Waals surface area contributed by atoms with Crippen molar-refractivity contribution in [3.8, 4) is 0 Å². The van der Waals surface area contributed by atoms with E-state index in [0.29, 0.717) is 0 Å². The SMILES string of the molecule is Cl.Cl.NN.NN.O=C([O-])C(=O)[O-].[K+].[K+]. The summed E-state index contributed by atoms with van der Waals surface area (Å²) < 4.78 is 0. The van der Waals surface area contributed by atoms with Crippen LogP contribution in [-0.4, -0.2) is 11.9 Å². The van der Waals surface area contributed by atoms with E-state index in [1.165, 1.54) is 0 Å². The Morgan fingerprint density at radius 2 is 0.786 bits per heavy atom. The van der Waals surface area contributed by atoms with Crippen molar-refractivity contribution in [3.05, 3.63) is 0 Å². The van der Waals surface area contributed by atoms with Crippen LogP contribution in [0.3, 0.4) is 0 Å². The second kappa shape index (κ2) is 44.9. The Bertz CT molecular complexity index is 97.3. The van der Waals surface area contributed by atoms with E-state index in [1.807, 2.05) is 0 Å². The normalized spacial score (nSPS) is 4.00. The van der Waals surface area contributed by atoms with E-state index in [-0.39, 0.29) is 128 Å². The summed E-state index contributed by atoms with van der Waals surface area (Å²) in [5, 5.41) is 17.9. The van der Waals surface area contributed by atoms with E-state index in [2.05, 4.69) is 23.4 Å². The maximum absolute atomic E-state index is 8.93. The molecule has 0 unspecified atom stereocenters. The summed E-state index contributed by atoms with van der Waals surface area (Å²) in [5.41, 5.74) is 0. The van der Waals surface area contributed by atoms with Crippen LogP contribution in [0.1, 0.15) is 0 Å². The Morgan fingerprint density at radius 1 is 0.714 bits per heavy atom. The second-order valence-corrected chi connectivity index (χ2v) is 0.575. The molecule has 0 aromatic carbocycles. The molecule has 0 heterocycles. The molecule has 0 fully saturated rings. The van der Waals surface area contributed by atoms with Gasteiger partial charge in [-0.05, 0) is 0 Å². The molecular weight excluding hydrogens is 293 g/mol. The van der Waals surface area contributed by atoms with Gasteiger partial charge in [-0.1, -0.05) is 0 Å². The molecule has 12 heteroatoms. The minimum atomic E-state index is -2.19. The molecule has 0 saturated heterocycles. The molecule has 8 nitrogen and oxygen atoms in total. The molecule has 0 rings (SSSR count). The van der Waals surface area contributed by atoms with E-state index in [9.17, 15) is 0 Å². The topological polar surface area (TPSA) is 184 Å². The number of carbonyl (C=O) groups excluding carboxylic acids is 2. The first kappa shape index (κ1) is 43.8. The maximum Gasteiger partial charge on any atom is 1.00 e.